The molecule has 0 aliphatic carbocycles. The maximum atomic E-state index is 13.4. The predicted octanol–water partition coefficient (Wildman–Crippen LogP) is 7.36. The molecule has 2 N–H and O–H groups in total. The summed E-state index contributed by atoms with van der Waals surface area (Å²) >= 11 is 6.18. The maximum Gasteiger partial charge on any atom is 0.432 e. The molecule has 1 unspecified atom stereocenters. The second-order valence-electron chi connectivity index (χ2n) is 8.55. The van der Waals surface area contributed by atoms with Crippen LogP contribution in [-0.4, -0.2) is 36.3 Å². The normalized spacial score (nSPS) is 16.0. The summed E-state index contributed by atoms with van der Waals surface area (Å²) in [5.74, 6) is 0.544. The lowest BCUT2D eigenvalue weighted by molar-refractivity contribution is -0.0583. The highest BCUT2D eigenvalue weighted by atomic mass is 35.5. The van der Waals surface area contributed by atoms with E-state index in [4.69, 9.17) is 21.7 Å². The van der Waals surface area contributed by atoms with Crippen molar-refractivity contribution in [1.29, 1.82) is 5.41 Å². The summed E-state index contributed by atoms with van der Waals surface area (Å²) in [7, 11) is 1.60. The number of nitrogens with one attached hydrogen (secondary N) is 2. The lowest BCUT2D eigenvalue weighted by Gasteiger charge is -2.26. The molecule has 3 aromatic rings. The van der Waals surface area contributed by atoms with Gasteiger partial charge in [-0.3, -0.25) is 10.2 Å². The minimum atomic E-state index is -4.81. The molecule has 0 spiro atoms. The molecule has 192 valence electrons. The molecule has 1 aliphatic rings. The van der Waals surface area contributed by atoms with Crippen LogP contribution in [0, 0.1) is 5.41 Å². The Morgan fingerprint density at radius 3 is 2.38 bits per heavy atom. The van der Waals surface area contributed by atoms with Crippen LogP contribution in [0.15, 0.2) is 78.9 Å². The Morgan fingerprint density at radius 2 is 1.70 bits per heavy atom. The monoisotopic (exact) mass is 527 g/mol. The number of rotatable bonds is 7. The fraction of sp³-hybridized carbons (Fsp3) is 0.214. The van der Waals surface area contributed by atoms with Gasteiger partial charge in [0.25, 0.3) is 5.91 Å². The van der Waals surface area contributed by atoms with E-state index in [1.807, 2.05) is 24.3 Å². The Labute approximate surface area is 218 Å². The zero-order valence-corrected chi connectivity index (χ0v) is 20.7. The van der Waals surface area contributed by atoms with E-state index in [2.05, 4.69) is 5.32 Å². The lowest BCUT2D eigenvalue weighted by Crippen LogP contribution is -2.30. The molecule has 4 rings (SSSR count). The number of anilines is 1. The molecule has 1 fully saturated rings. The zero-order chi connectivity index (χ0) is 26.6. The average molecular weight is 528 g/mol. The standard InChI is InChI=1S/C28H25ClF3N3O2/c1-37-25-11-5-2-7-20(25)24-10-6-16-35(24)27(36)19-14-12-18(13-15-19)23(17-26(33)28(30,31)32)34-22-9-4-3-8-21(22)29/h2-5,7-9,11-15,17,24,33-34H,6,10,16H2,1H3/b23-17-,33-26?. The van der Waals surface area contributed by atoms with E-state index < -0.39 is 11.9 Å². The van der Waals surface area contributed by atoms with Crippen LogP contribution >= 0.6 is 11.6 Å². The summed E-state index contributed by atoms with van der Waals surface area (Å²) < 4.78 is 44.9. The van der Waals surface area contributed by atoms with Crippen LogP contribution in [0.2, 0.25) is 5.02 Å². The third kappa shape index (κ3) is 5.97. The van der Waals surface area contributed by atoms with Gasteiger partial charge < -0.3 is 15.0 Å². The first-order chi connectivity index (χ1) is 17.7. The minimum Gasteiger partial charge on any atom is -0.496 e. The van der Waals surface area contributed by atoms with Gasteiger partial charge >= 0.3 is 6.18 Å². The summed E-state index contributed by atoms with van der Waals surface area (Å²) in [5.41, 5.74) is 0.623. The van der Waals surface area contributed by atoms with E-state index >= 15 is 0 Å². The Balaban J connectivity index is 1.62. The molecule has 1 heterocycles. The third-order valence-corrected chi connectivity index (χ3v) is 6.52. The molecular weight excluding hydrogens is 503 g/mol. The van der Waals surface area contributed by atoms with E-state index in [0.29, 0.717) is 34.5 Å². The lowest BCUT2D eigenvalue weighted by atomic mass is 10.0. The van der Waals surface area contributed by atoms with Gasteiger partial charge in [-0.15, -0.1) is 0 Å². The van der Waals surface area contributed by atoms with E-state index in [9.17, 15) is 18.0 Å². The van der Waals surface area contributed by atoms with Crippen LogP contribution in [-0.2, 0) is 0 Å². The number of likely N-dealkylation sites (tertiary alicyclic amines) is 1. The Bertz CT molecular complexity index is 1320. The zero-order valence-electron chi connectivity index (χ0n) is 20.0. The molecule has 5 nitrogen and oxygen atoms in total. The fourth-order valence-corrected chi connectivity index (χ4v) is 4.54. The van der Waals surface area contributed by atoms with Crippen molar-refractivity contribution < 1.29 is 22.7 Å². The molecule has 1 saturated heterocycles. The van der Waals surface area contributed by atoms with Gasteiger partial charge in [0.15, 0.2) is 0 Å². The van der Waals surface area contributed by atoms with Crippen molar-refractivity contribution >= 4 is 34.6 Å². The summed E-state index contributed by atoms with van der Waals surface area (Å²) in [6.07, 6.45) is -2.45. The average Bonchev–Trinajstić information content (AvgIpc) is 3.38. The molecule has 0 saturated carbocycles. The number of methoxy groups -OCH3 is 1. The van der Waals surface area contributed by atoms with Crippen LogP contribution < -0.4 is 10.1 Å². The first-order valence-electron chi connectivity index (χ1n) is 11.6. The Morgan fingerprint density at radius 1 is 1.05 bits per heavy atom. The van der Waals surface area contributed by atoms with Crippen LogP contribution in [0.3, 0.4) is 0 Å². The second kappa shape index (κ2) is 11.1. The Hall–Kier alpha value is -3.78. The highest BCUT2D eigenvalue weighted by Gasteiger charge is 2.34. The molecule has 0 radical (unpaired) electrons. The molecule has 0 aromatic heterocycles. The van der Waals surface area contributed by atoms with Crippen molar-refractivity contribution in [2.24, 2.45) is 0 Å². The summed E-state index contributed by atoms with van der Waals surface area (Å²) in [6, 6.07) is 20.4. The molecule has 3 aromatic carbocycles. The van der Waals surface area contributed by atoms with E-state index in [1.54, 1.807) is 60.5 Å². The highest BCUT2D eigenvalue weighted by Crippen LogP contribution is 2.38. The van der Waals surface area contributed by atoms with Crippen LogP contribution in [0.1, 0.15) is 40.4 Å². The number of ether oxygens (including phenoxy) is 1. The third-order valence-electron chi connectivity index (χ3n) is 6.19. The minimum absolute atomic E-state index is 0.0301. The molecule has 1 atom stereocenters. The SMILES string of the molecule is COc1ccccc1C1CCCN1C(=O)c1ccc(/C(=C/C(=N)C(F)(F)F)Nc2ccccc2Cl)cc1. The first-order valence-corrected chi connectivity index (χ1v) is 12.0. The highest BCUT2D eigenvalue weighted by molar-refractivity contribution is 6.33. The van der Waals surface area contributed by atoms with Crippen molar-refractivity contribution in [3.05, 3.63) is 101 Å². The number of alkyl halides is 3. The molecule has 37 heavy (non-hydrogen) atoms. The molecule has 0 bridgehead atoms. The molecular formula is C28H25ClF3N3O2. The molecule has 1 aliphatic heterocycles. The van der Waals surface area contributed by atoms with Gasteiger partial charge in [-0.05, 0) is 54.8 Å². The maximum absolute atomic E-state index is 13.4. The van der Waals surface area contributed by atoms with E-state index in [0.717, 1.165) is 24.2 Å². The summed E-state index contributed by atoms with van der Waals surface area (Å²) in [6.45, 7) is 0.589. The van der Waals surface area contributed by atoms with Gasteiger partial charge in [0, 0.05) is 23.4 Å². The number of carbonyl (C=O) groups is 1. The topological polar surface area (TPSA) is 65.4 Å². The van der Waals surface area contributed by atoms with Crippen molar-refractivity contribution in [1.82, 2.24) is 4.90 Å². The summed E-state index contributed by atoms with van der Waals surface area (Å²) in [5, 5.41) is 10.7. The molecule has 1 amide bonds. The fourth-order valence-electron chi connectivity index (χ4n) is 4.36. The number of allylic oxidation sites excluding steroid dienone is 1. The van der Waals surface area contributed by atoms with Crippen molar-refractivity contribution in [2.75, 3.05) is 19.0 Å². The van der Waals surface area contributed by atoms with Crippen molar-refractivity contribution in [3.63, 3.8) is 0 Å². The number of nitrogens with zero attached hydrogens (tertiary/aromatic N) is 1. The molecule has 9 heteroatoms. The quantitative estimate of drug-likeness (QED) is 0.315. The number of benzene rings is 3. The van der Waals surface area contributed by atoms with E-state index in [-0.39, 0.29) is 17.6 Å². The van der Waals surface area contributed by atoms with Crippen LogP contribution in [0.25, 0.3) is 5.70 Å². The number of para-hydroxylation sites is 2. The van der Waals surface area contributed by atoms with Gasteiger partial charge in [-0.2, -0.15) is 13.2 Å². The van der Waals surface area contributed by atoms with Gasteiger partial charge in [-0.25, -0.2) is 0 Å². The number of carbonyl (C=O) groups excluding carboxylic acids is 1. The van der Waals surface area contributed by atoms with Crippen molar-refractivity contribution in [3.8, 4) is 5.75 Å². The largest absolute Gasteiger partial charge is 0.496 e. The first kappa shape index (κ1) is 26.3. The summed E-state index contributed by atoms with van der Waals surface area (Å²) in [4.78, 5) is 15.2. The second-order valence-corrected chi connectivity index (χ2v) is 8.96. The number of halogens is 4. The number of amides is 1. The van der Waals surface area contributed by atoms with Gasteiger partial charge in [0.2, 0.25) is 0 Å². The van der Waals surface area contributed by atoms with Crippen molar-refractivity contribution in [2.45, 2.75) is 25.1 Å². The smallest absolute Gasteiger partial charge is 0.432 e. The van der Waals surface area contributed by atoms with E-state index in [1.165, 1.54) is 0 Å². The predicted molar refractivity (Wildman–Crippen MR) is 139 cm³/mol. The Kier molecular flexibility index (Phi) is 7.88. The van der Waals surface area contributed by atoms with Gasteiger partial charge in [0.05, 0.1) is 23.9 Å². The van der Waals surface area contributed by atoms with Crippen LogP contribution in [0.5, 0.6) is 5.75 Å². The van der Waals surface area contributed by atoms with Crippen LogP contribution in [0.4, 0.5) is 18.9 Å². The number of hydrogen-bond acceptors (Lipinski definition) is 4. The number of hydrogen-bond donors (Lipinski definition) is 2. The van der Waals surface area contributed by atoms with Gasteiger partial charge in [-0.1, -0.05) is 54.1 Å². The van der Waals surface area contributed by atoms with Gasteiger partial charge in [0.1, 0.15) is 11.5 Å².